The first-order chi connectivity index (χ1) is 15.8. The van der Waals surface area contributed by atoms with Crippen molar-refractivity contribution >= 4 is 15.9 Å². The van der Waals surface area contributed by atoms with Gasteiger partial charge in [-0.2, -0.15) is 4.31 Å². The first-order valence-corrected chi connectivity index (χ1v) is 12.1. The molecule has 0 aromatic heterocycles. The topological polar surface area (TPSA) is 66.9 Å². The summed E-state index contributed by atoms with van der Waals surface area (Å²) in [7, 11) is -2.11. The van der Waals surface area contributed by atoms with Gasteiger partial charge in [0.05, 0.1) is 11.4 Å². The van der Waals surface area contributed by atoms with Crippen molar-refractivity contribution in [1.29, 1.82) is 0 Å². The third-order valence-corrected chi connectivity index (χ3v) is 7.51. The lowest BCUT2D eigenvalue weighted by Gasteiger charge is -2.28. The Hall–Kier alpha value is -3.23. The number of fused-ring (bicyclic) bond motifs is 1. The molecule has 6 nitrogen and oxygen atoms in total. The van der Waals surface area contributed by atoms with Crippen LogP contribution in [0.4, 0.5) is 4.39 Å². The summed E-state index contributed by atoms with van der Waals surface area (Å²) in [6.07, 6.45) is 0.658. The van der Waals surface area contributed by atoms with Gasteiger partial charge in [-0.1, -0.05) is 30.3 Å². The highest BCUT2D eigenvalue weighted by Gasteiger charge is 2.29. The van der Waals surface area contributed by atoms with E-state index in [9.17, 15) is 17.6 Å². The summed E-state index contributed by atoms with van der Waals surface area (Å²) in [5.74, 6) is -0.148. The number of hydrogen-bond donors (Lipinski definition) is 0. The van der Waals surface area contributed by atoms with Crippen LogP contribution in [-0.4, -0.2) is 50.3 Å². The lowest BCUT2D eigenvalue weighted by Crippen LogP contribution is -2.36. The quantitative estimate of drug-likeness (QED) is 0.530. The number of likely N-dealkylation sites (N-methyl/N-ethyl adjacent to an activating group) is 1. The molecule has 0 fully saturated rings. The minimum Gasteiger partial charge on any atom is -0.492 e. The molecular weight excluding hydrogens is 443 g/mol. The third kappa shape index (κ3) is 5.23. The second-order valence-electron chi connectivity index (χ2n) is 7.91. The van der Waals surface area contributed by atoms with E-state index >= 15 is 0 Å². The number of carbonyl (C=O) groups excluding carboxylic acids is 1. The molecular formula is C25H25FN2O4S. The fraction of sp³-hybridized carbons (Fsp3) is 0.240. The normalized spacial score (nSPS) is 13.9. The van der Waals surface area contributed by atoms with E-state index in [4.69, 9.17) is 4.74 Å². The molecule has 1 aliphatic heterocycles. The Morgan fingerprint density at radius 2 is 1.76 bits per heavy atom. The first kappa shape index (κ1) is 22.9. The van der Waals surface area contributed by atoms with Crippen molar-refractivity contribution in [3.8, 4) is 5.75 Å². The zero-order valence-corrected chi connectivity index (χ0v) is 19.1. The van der Waals surface area contributed by atoms with E-state index < -0.39 is 10.0 Å². The molecule has 0 unspecified atom stereocenters. The van der Waals surface area contributed by atoms with Crippen LogP contribution in [0.15, 0.2) is 77.7 Å². The van der Waals surface area contributed by atoms with E-state index in [0.29, 0.717) is 25.3 Å². The molecule has 0 spiro atoms. The van der Waals surface area contributed by atoms with E-state index in [0.717, 1.165) is 11.1 Å². The van der Waals surface area contributed by atoms with Crippen LogP contribution in [0, 0.1) is 5.82 Å². The van der Waals surface area contributed by atoms with Crippen molar-refractivity contribution in [2.45, 2.75) is 17.9 Å². The Morgan fingerprint density at radius 1 is 1.03 bits per heavy atom. The summed E-state index contributed by atoms with van der Waals surface area (Å²) < 4.78 is 46.5. The van der Waals surface area contributed by atoms with Crippen molar-refractivity contribution in [3.05, 3.63) is 95.3 Å². The number of sulfonamides is 1. The molecule has 1 heterocycles. The number of benzene rings is 3. The molecule has 8 heteroatoms. The Kier molecular flexibility index (Phi) is 6.76. The summed E-state index contributed by atoms with van der Waals surface area (Å²) in [5.41, 5.74) is 2.45. The summed E-state index contributed by atoms with van der Waals surface area (Å²) in [6, 6.07) is 19.6. The van der Waals surface area contributed by atoms with Gasteiger partial charge in [-0.15, -0.1) is 0 Å². The molecule has 33 heavy (non-hydrogen) atoms. The van der Waals surface area contributed by atoms with Crippen LogP contribution in [0.25, 0.3) is 0 Å². The molecule has 3 aromatic carbocycles. The van der Waals surface area contributed by atoms with Gasteiger partial charge in [0.15, 0.2) is 0 Å². The molecule has 4 rings (SSSR count). The lowest BCUT2D eigenvalue weighted by atomic mass is 10.0. The van der Waals surface area contributed by atoms with Gasteiger partial charge < -0.3 is 9.64 Å². The number of ether oxygens (including phenoxy) is 1. The number of carbonyl (C=O) groups is 1. The van der Waals surface area contributed by atoms with Gasteiger partial charge in [0.2, 0.25) is 10.0 Å². The van der Waals surface area contributed by atoms with Crippen molar-refractivity contribution in [2.75, 3.05) is 26.7 Å². The van der Waals surface area contributed by atoms with Crippen LogP contribution in [0.5, 0.6) is 5.75 Å². The monoisotopic (exact) mass is 468 g/mol. The lowest BCUT2D eigenvalue weighted by molar-refractivity contribution is 0.0773. The highest BCUT2D eigenvalue weighted by molar-refractivity contribution is 7.89. The minimum absolute atomic E-state index is 0.101. The highest BCUT2D eigenvalue weighted by atomic mass is 32.2. The summed E-state index contributed by atoms with van der Waals surface area (Å²) in [5, 5.41) is 0. The first-order valence-electron chi connectivity index (χ1n) is 10.7. The summed E-state index contributed by atoms with van der Waals surface area (Å²) in [4.78, 5) is 14.4. The van der Waals surface area contributed by atoms with Crippen LogP contribution < -0.4 is 4.74 Å². The van der Waals surface area contributed by atoms with E-state index in [1.54, 1.807) is 19.2 Å². The van der Waals surface area contributed by atoms with Gasteiger partial charge in [0, 0.05) is 25.7 Å². The zero-order chi connectivity index (χ0) is 23.4. The molecule has 0 saturated heterocycles. The standard InChI is InChI=1S/C25H25FN2O4S/c1-27(15-16-32-23-11-9-22(26)10-12-23)25(29)20-7-4-8-24(17-20)33(30,31)28-14-13-19-5-2-3-6-21(19)18-28/h2-12,17H,13-16,18H2,1H3. The zero-order valence-electron chi connectivity index (χ0n) is 18.3. The Labute approximate surface area is 193 Å². The molecule has 172 valence electrons. The number of halogens is 1. The summed E-state index contributed by atoms with van der Waals surface area (Å²) in [6.45, 7) is 1.23. The predicted molar refractivity (Wildman–Crippen MR) is 123 cm³/mol. The van der Waals surface area contributed by atoms with E-state index in [1.165, 1.54) is 45.6 Å². The van der Waals surface area contributed by atoms with Gasteiger partial charge in [-0.05, 0) is 60.0 Å². The van der Waals surface area contributed by atoms with Crippen molar-refractivity contribution in [2.24, 2.45) is 0 Å². The number of nitrogens with zero attached hydrogens (tertiary/aromatic N) is 2. The third-order valence-electron chi connectivity index (χ3n) is 5.67. The maximum absolute atomic E-state index is 13.2. The SMILES string of the molecule is CN(CCOc1ccc(F)cc1)C(=O)c1cccc(S(=O)(=O)N2CCc3ccccc3C2)c1. The molecule has 0 N–H and O–H groups in total. The number of amides is 1. The van der Waals surface area contributed by atoms with Crippen molar-refractivity contribution in [1.82, 2.24) is 9.21 Å². The van der Waals surface area contributed by atoms with Gasteiger partial charge >= 0.3 is 0 Å². The molecule has 0 radical (unpaired) electrons. The molecule has 1 amide bonds. The second-order valence-corrected chi connectivity index (χ2v) is 9.85. The van der Waals surface area contributed by atoms with Gasteiger partial charge in [-0.25, -0.2) is 12.8 Å². The average molecular weight is 469 g/mol. The maximum atomic E-state index is 13.2. The van der Waals surface area contributed by atoms with Crippen LogP contribution in [0.2, 0.25) is 0 Å². The van der Waals surface area contributed by atoms with Crippen molar-refractivity contribution in [3.63, 3.8) is 0 Å². The summed E-state index contributed by atoms with van der Waals surface area (Å²) >= 11 is 0. The molecule has 3 aromatic rings. The molecule has 0 atom stereocenters. The van der Waals surface area contributed by atoms with E-state index in [1.807, 2.05) is 24.3 Å². The Morgan fingerprint density at radius 3 is 2.52 bits per heavy atom. The Balaban J connectivity index is 1.42. The smallest absolute Gasteiger partial charge is 0.253 e. The highest BCUT2D eigenvalue weighted by Crippen LogP contribution is 2.25. The van der Waals surface area contributed by atoms with Gasteiger partial charge in [0.25, 0.3) is 5.91 Å². The predicted octanol–water partition coefficient (Wildman–Crippen LogP) is 3.72. The number of rotatable bonds is 7. The van der Waals surface area contributed by atoms with Crippen LogP contribution >= 0.6 is 0 Å². The largest absolute Gasteiger partial charge is 0.492 e. The minimum atomic E-state index is -3.74. The number of hydrogen-bond acceptors (Lipinski definition) is 4. The Bertz CT molecular complexity index is 1250. The molecule has 0 aliphatic carbocycles. The van der Waals surface area contributed by atoms with Crippen LogP contribution in [0.3, 0.4) is 0 Å². The fourth-order valence-corrected chi connectivity index (χ4v) is 5.23. The maximum Gasteiger partial charge on any atom is 0.253 e. The van der Waals surface area contributed by atoms with E-state index in [-0.39, 0.29) is 35.3 Å². The van der Waals surface area contributed by atoms with Crippen LogP contribution in [-0.2, 0) is 23.0 Å². The average Bonchev–Trinajstić information content (AvgIpc) is 2.84. The fourth-order valence-electron chi connectivity index (χ4n) is 3.77. The van der Waals surface area contributed by atoms with Gasteiger partial charge in [-0.3, -0.25) is 4.79 Å². The van der Waals surface area contributed by atoms with Crippen LogP contribution in [0.1, 0.15) is 21.5 Å². The van der Waals surface area contributed by atoms with E-state index in [2.05, 4.69) is 0 Å². The molecule has 0 bridgehead atoms. The molecule has 0 saturated carbocycles. The molecule has 1 aliphatic rings. The second kappa shape index (κ2) is 9.72. The van der Waals surface area contributed by atoms with Crippen molar-refractivity contribution < 1.29 is 22.3 Å². The van der Waals surface area contributed by atoms with Gasteiger partial charge in [0.1, 0.15) is 18.2 Å².